The van der Waals surface area contributed by atoms with Crippen molar-refractivity contribution in [2.45, 2.75) is 45.1 Å². The molecule has 0 aromatic heterocycles. The number of amides is 1. The zero-order valence-electron chi connectivity index (χ0n) is 16.4. The van der Waals surface area contributed by atoms with Crippen LogP contribution in [0.4, 0.5) is 18.0 Å². The Morgan fingerprint density at radius 3 is 2.45 bits per heavy atom. The molecular weight excluding hydrogens is 383 g/mol. The second-order valence-corrected chi connectivity index (χ2v) is 7.58. The molecule has 4 nitrogen and oxygen atoms in total. The number of likely N-dealkylation sites (tertiary alicyclic amines) is 1. The summed E-state index contributed by atoms with van der Waals surface area (Å²) in [7, 11) is 0. The summed E-state index contributed by atoms with van der Waals surface area (Å²) in [6.45, 7) is 4.50. The smallest absolute Gasteiger partial charge is 0.416 e. The van der Waals surface area contributed by atoms with Gasteiger partial charge in [-0.1, -0.05) is 35.9 Å². The third kappa shape index (κ3) is 4.90. The summed E-state index contributed by atoms with van der Waals surface area (Å²) >= 11 is 0. The monoisotopic (exact) mass is 407 g/mol. The molecule has 1 aliphatic heterocycles. The highest BCUT2D eigenvalue weighted by Gasteiger charge is 2.38. The first kappa shape index (κ1) is 21.2. The van der Waals surface area contributed by atoms with Crippen LogP contribution in [0.3, 0.4) is 0 Å². The van der Waals surface area contributed by atoms with E-state index in [2.05, 4.69) is 0 Å². The van der Waals surface area contributed by atoms with Gasteiger partial charge in [0.2, 0.25) is 0 Å². The van der Waals surface area contributed by atoms with Crippen molar-refractivity contribution in [2.75, 3.05) is 13.1 Å². The van der Waals surface area contributed by atoms with Crippen molar-refractivity contribution < 1.29 is 27.8 Å². The number of alkyl halides is 3. The van der Waals surface area contributed by atoms with Gasteiger partial charge in [-0.15, -0.1) is 0 Å². The number of hydrogen-bond donors (Lipinski definition) is 1. The molecule has 0 spiro atoms. The van der Waals surface area contributed by atoms with Crippen molar-refractivity contribution in [3.63, 3.8) is 0 Å². The van der Waals surface area contributed by atoms with E-state index < -0.39 is 23.4 Å². The number of benzene rings is 2. The molecule has 2 aromatic carbocycles. The van der Waals surface area contributed by atoms with Gasteiger partial charge in [-0.3, -0.25) is 0 Å². The Bertz CT molecular complexity index is 887. The molecule has 0 radical (unpaired) electrons. The van der Waals surface area contributed by atoms with Crippen molar-refractivity contribution in [1.29, 1.82) is 0 Å². The van der Waals surface area contributed by atoms with Crippen LogP contribution in [-0.2, 0) is 23.1 Å². The number of piperidine rings is 1. The second kappa shape index (κ2) is 8.06. The van der Waals surface area contributed by atoms with Crippen LogP contribution in [0.1, 0.15) is 40.7 Å². The number of rotatable bonds is 3. The van der Waals surface area contributed by atoms with Gasteiger partial charge in [-0.2, -0.15) is 13.2 Å². The minimum absolute atomic E-state index is 0.146. The zero-order chi connectivity index (χ0) is 21.2. The Hall–Kier alpha value is -2.54. The number of carbonyl (C=O) groups is 1. The molecule has 1 fully saturated rings. The molecule has 1 N–H and O–H groups in total. The molecule has 0 aliphatic carbocycles. The number of halogens is 3. The molecule has 1 amide bonds. The third-order valence-electron chi connectivity index (χ3n) is 5.43. The van der Waals surface area contributed by atoms with Crippen LogP contribution in [0, 0.1) is 13.8 Å². The van der Waals surface area contributed by atoms with E-state index in [1.165, 1.54) is 17.0 Å². The minimum atomic E-state index is -4.47. The Balaban J connectivity index is 1.60. The van der Waals surface area contributed by atoms with E-state index in [4.69, 9.17) is 4.74 Å². The molecule has 0 saturated carbocycles. The van der Waals surface area contributed by atoms with Crippen molar-refractivity contribution in [1.82, 2.24) is 4.90 Å². The fourth-order valence-electron chi connectivity index (χ4n) is 3.57. The Morgan fingerprint density at radius 1 is 1.14 bits per heavy atom. The summed E-state index contributed by atoms with van der Waals surface area (Å²) in [6, 6.07) is 10.6. The number of ether oxygens (including phenoxy) is 1. The van der Waals surface area contributed by atoms with Crippen LogP contribution in [0.5, 0.6) is 0 Å². The van der Waals surface area contributed by atoms with Gasteiger partial charge in [0.25, 0.3) is 0 Å². The fraction of sp³-hybridized carbons (Fsp3) is 0.409. The van der Waals surface area contributed by atoms with Crippen LogP contribution in [-0.4, -0.2) is 29.2 Å². The van der Waals surface area contributed by atoms with E-state index in [9.17, 15) is 23.1 Å². The van der Waals surface area contributed by atoms with Gasteiger partial charge in [0, 0.05) is 13.1 Å². The molecule has 3 rings (SSSR count). The Morgan fingerprint density at radius 2 is 1.83 bits per heavy atom. The van der Waals surface area contributed by atoms with Crippen LogP contribution in [0.15, 0.2) is 42.5 Å². The summed E-state index contributed by atoms with van der Waals surface area (Å²) in [5.41, 5.74) is 1.11. The molecule has 156 valence electrons. The predicted molar refractivity (Wildman–Crippen MR) is 102 cm³/mol. The van der Waals surface area contributed by atoms with Crippen LogP contribution in [0.2, 0.25) is 0 Å². The first-order valence-corrected chi connectivity index (χ1v) is 9.46. The van der Waals surface area contributed by atoms with E-state index in [0.717, 1.165) is 28.8 Å². The number of aliphatic hydroxyl groups is 1. The average Bonchev–Trinajstić information content (AvgIpc) is 2.67. The normalized spacial score (nSPS) is 16.6. The summed E-state index contributed by atoms with van der Waals surface area (Å²) in [6.07, 6.45) is -4.67. The predicted octanol–water partition coefficient (Wildman–Crippen LogP) is 4.94. The van der Waals surface area contributed by atoms with Gasteiger partial charge in [-0.05, 0) is 55.5 Å². The molecule has 7 heteroatoms. The van der Waals surface area contributed by atoms with Gasteiger partial charge in [0.05, 0.1) is 11.2 Å². The highest BCUT2D eigenvalue weighted by atomic mass is 19.4. The maximum atomic E-state index is 13.0. The summed E-state index contributed by atoms with van der Waals surface area (Å²) in [5.74, 6) is 0. The van der Waals surface area contributed by atoms with Gasteiger partial charge >= 0.3 is 12.3 Å². The lowest BCUT2D eigenvalue weighted by Gasteiger charge is -2.38. The van der Waals surface area contributed by atoms with E-state index >= 15 is 0 Å². The van der Waals surface area contributed by atoms with Gasteiger partial charge in [0.15, 0.2) is 0 Å². The fourth-order valence-corrected chi connectivity index (χ4v) is 3.57. The number of hydrogen-bond acceptors (Lipinski definition) is 3. The van der Waals surface area contributed by atoms with Crippen LogP contribution in [0.25, 0.3) is 0 Å². The largest absolute Gasteiger partial charge is 0.445 e. The maximum Gasteiger partial charge on any atom is 0.416 e. The maximum absolute atomic E-state index is 13.0. The van der Waals surface area contributed by atoms with Crippen molar-refractivity contribution in [3.8, 4) is 0 Å². The van der Waals surface area contributed by atoms with E-state index in [1.807, 2.05) is 32.0 Å². The van der Waals surface area contributed by atoms with Crippen molar-refractivity contribution in [2.24, 2.45) is 0 Å². The van der Waals surface area contributed by atoms with E-state index in [-0.39, 0.29) is 38.1 Å². The van der Waals surface area contributed by atoms with Gasteiger partial charge < -0.3 is 14.7 Å². The molecule has 1 saturated heterocycles. The summed E-state index contributed by atoms with van der Waals surface area (Å²) in [5, 5.41) is 10.9. The molecule has 2 aromatic rings. The van der Waals surface area contributed by atoms with Gasteiger partial charge in [-0.25, -0.2) is 4.79 Å². The van der Waals surface area contributed by atoms with Crippen molar-refractivity contribution in [3.05, 3.63) is 70.3 Å². The molecule has 1 aliphatic rings. The lowest BCUT2D eigenvalue weighted by molar-refractivity contribution is -0.137. The molecule has 1 heterocycles. The minimum Gasteiger partial charge on any atom is -0.445 e. The summed E-state index contributed by atoms with van der Waals surface area (Å²) < 4.78 is 44.2. The third-order valence-corrected chi connectivity index (χ3v) is 5.43. The van der Waals surface area contributed by atoms with Gasteiger partial charge in [0.1, 0.15) is 6.61 Å². The zero-order valence-corrected chi connectivity index (χ0v) is 16.4. The summed E-state index contributed by atoms with van der Waals surface area (Å²) in [4.78, 5) is 13.8. The SMILES string of the molecule is Cc1ccc(COC(=O)N2CCC(O)(c3cccc(C(F)(F)F)c3)CC2)c(C)c1. The first-order chi connectivity index (χ1) is 13.6. The standard InChI is InChI=1S/C22H24F3NO3/c1-15-6-7-17(16(2)12-15)14-29-20(27)26-10-8-21(28,9-11-26)18-4-3-5-19(13-18)22(23,24)25/h3-7,12-13,28H,8-11,14H2,1-2H3. The molecule has 0 atom stereocenters. The quantitative estimate of drug-likeness (QED) is 0.784. The Kier molecular flexibility index (Phi) is 5.89. The first-order valence-electron chi connectivity index (χ1n) is 9.46. The molecule has 29 heavy (non-hydrogen) atoms. The van der Waals surface area contributed by atoms with E-state index in [0.29, 0.717) is 0 Å². The topological polar surface area (TPSA) is 49.8 Å². The van der Waals surface area contributed by atoms with Crippen LogP contribution < -0.4 is 0 Å². The number of aryl methyl sites for hydroxylation is 2. The van der Waals surface area contributed by atoms with E-state index in [1.54, 1.807) is 0 Å². The van der Waals surface area contributed by atoms with Crippen molar-refractivity contribution >= 4 is 6.09 Å². The molecule has 0 unspecified atom stereocenters. The number of carbonyl (C=O) groups excluding carboxylic acids is 1. The van der Waals surface area contributed by atoms with Crippen LogP contribution >= 0.6 is 0 Å². The highest BCUT2D eigenvalue weighted by molar-refractivity contribution is 5.67. The Labute approximate surface area is 167 Å². The lowest BCUT2D eigenvalue weighted by atomic mass is 9.84. The lowest BCUT2D eigenvalue weighted by Crippen LogP contribution is -2.45. The molecular formula is C22H24F3NO3. The highest BCUT2D eigenvalue weighted by Crippen LogP contribution is 2.36. The average molecular weight is 407 g/mol. The second-order valence-electron chi connectivity index (χ2n) is 7.58. The molecule has 0 bridgehead atoms. The number of nitrogens with zero attached hydrogens (tertiary/aromatic N) is 1.